The van der Waals surface area contributed by atoms with Crippen molar-refractivity contribution in [2.45, 2.75) is 6.92 Å². The number of benzene rings is 2. The second kappa shape index (κ2) is 10.4. The number of nitrogens with one attached hydrogen (secondary N) is 1. The highest BCUT2D eigenvalue weighted by Crippen LogP contribution is 2.30. The summed E-state index contributed by atoms with van der Waals surface area (Å²) in [6, 6.07) is 10.6. The van der Waals surface area contributed by atoms with Crippen molar-refractivity contribution in [3.8, 4) is 16.8 Å². The minimum Gasteiger partial charge on any atom is -0.325 e. The minimum atomic E-state index is -0.684. The summed E-state index contributed by atoms with van der Waals surface area (Å²) in [6.07, 6.45) is 3.30. The van der Waals surface area contributed by atoms with Crippen molar-refractivity contribution in [3.05, 3.63) is 71.1 Å². The quantitative estimate of drug-likeness (QED) is 0.374. The Hall–Kier alpha value is -3.21. The maximum absolute atomic E-state index is 14.7. The maximum Gasteiger partial charge on any atom is 0.238 e. The van der Waals surface area contributed by atoms with E-state index >= 15 is 0 Å². The topological polar surface area (TPSA) is 66.3 Å². The molecule has 1 saturated heterocycles. The van der Waals surface area contributed by atoms with Crippen molar-refractivity contribution in [2.75, 3.05) is 44.6 Å². The van der Waals surface area contributed by atoms with Crippen LogP contribution in [0.15, 0.2) is 59.5 Å². The molecule has 1 N–H and O–H groups in total. The smallest absolute Gasteiger partial charge is 0.238 e. The monoisotopic (exact) mass is 554 g/mol. The zero-order chi connectivity index (χ0) is 25.2. The molecular weight excluding hydrogens is 530 g/mol. The van der Waals surface area contributed by atoms with Gasteiger partial charge >= 0.3 is 0 Å². The van der Waals surface area contributed by atoms with E-state index in [0.29, 0.717) is 28.1 Å². The van der Waals surface area contributed by atoms with Gasteiger partial charge < -0.3 is 10.2 Å². The molecule has 3 heterocycles. The molecule has 2 aromatic heterocycles. The minimum absolute atomic E-state index is 0.153. The van der Waals surface area contributed by atoms with Gasteiger partial charge in [-0.05, 0) is 64.4 Å². The van der Waals surface area contributed by atoms with Crippen LogP contribution in [0.4, 0.5) is 14.5 Å². The first kappa shape index (κ1) is 24.5. The normalized spacial score (nSPS) is 14.9. The van der Waals surface area contributed by atoms with Gasteiger partial charge in [-0.2, -0.15) is 0 Å². The van der Waals surface area contributed by atoms with Crippen LogP contribution in [0.1, 0.15) is 6.92 Å². The summed E-state index contributed by atoms with van der Waals surface area (Å²) < 4.78 is 30.8. The Morgan fingerprint density at radius 3 is 2.56 bits per heavy atom. The molecule has 0 atom stereocenters. The Morgan fingerprint density at radius 1 is 1.03 bits per heavy atom. The van der Waals surface area contributed by atoms with Crippen LogP contribution in [0.3, 0.4) is 0 Å². The number of anilines is 1. The summed E-state index contributed by atoms with van der Waals surface area (Å²) in [5.74, 6) is -1.49. The zero-order valence-electron chi connectivity index (χ0n) is 19.7. The number of rotatable bonds is 6. The van der Waals surface area contributed by atoms with Crippen LogP contribution in [-0.2, 0) is 4.79 Å². The second-order valence-corrected chi connectivity index (χ2v) is 9.68. The van der Waals surface area contributed by atoms with Gasteiger partial charge in [0, 0.05) is 54.2 Å². The molecule has 36 heavy (non-hydrogen) atoms. The fourth-order valence-electron chi connectivity index (χ4n) is 4.43. The SMILES string of the molecule is CCN1CCN(CC(=O)Nc2cc(-c3ccc(F)cc3F)cc(-n3cnc4cc(Br)cnc43)c2)CC1. The predicted octanol–water partition coefficient (Wildman–Crippen LogP) is 4.70. The lowest BCUT2D eigenvalue weighted by molar-refractivity contribution is -0.117. The molecule has 4 aromatic rings. The average Bonchev–Trinajstić information content (AvgIpc) is 3.27. The van der Waals surface area contributed by atoms with E-state index in [4.69, 9.17) is 0 Å². The first-order valence-electron chi connectivity index (χ1n) is 11.7. The molecule has 186 valence electrons. The van der Waals surface area contributed by atoms with Crippen LogP contribution in [0.5, 0.6) is 0 Å². The molecule has 0 bridgehead atoms. The lowest BCUT2D eigenvalue weighted by atomic mass is 10.0. The molecule has 2 aromatic carbocycles. The number of carbonyl (C=O) groups excluding carboxylic acids is 1. The molecule has 0 saturated carbocycles. The van der Waals surface area contributed by atoms with Gasteiger partial charge in [-0.25, -0.2) is 18.7 Å². The largest absolute Gasteiger partial charge is 0.325 e. The lowest BCUT2D eigenvalue weighted by Gasteiger charge is -2.33. The standard InChI is InChI=1S/C26H25BrF2N6O/c1-2-33-5-7-34(8-6-33)15-25(36)32-20-9-17(22-4-3-19(28)12-23(22)29)10-21(13-20)35-16-31-24-11-18(27)14-30-26(24)35/h3-4,9-14,16H,2,5-8,15H2,1H3,(H,32,36). The fraction of sp³-hybridized carbons (Fsp3) is 0.269. The van der Waals surface area contributed by atoms with E-state index in [-0.39, 0.29) is 18.0 Å². The Balaban J connectivity index is 1.48. The Labute approximate surface area is 215 Å². The van der Waals surface area contributed by atoms with E-state index in [2.05, 4.69) is 47.9 Å². The summed E-state index contributed by atoms with van der Waals surface area (Å²) in [4.78, 5) is 26.3. The zero-order valence-corrected chi connectivity index (χ0v) is 21.3. The highest BCUT2D eigenvalue weighted by Gasteiger charge is 2.19. The van der Waals surface area contributed by atoms with Crippen LogP contribution >= 0.6 is 15.9 Å². The molecule has 5 rings (SSSR count). The van der Waals surface area contributed by atoms with Crippen molar-refractivity contribution in [2.24, 2.45) is 0 Å². The van der Waals surface area contributed by atoms with E-state index in [1.54, 1.807) is 35.3 Å². The molecule has 1 fully saturated rings. The third kappa shape index (κ3) is 5.30. The Bertz CT molecular complexity index is 1420. The van der Waals surface area contributed by atoms with Crippen LogP contribution in [0, 0.1) is 11.6 Å². The van der Waals surface area contributed by atoms with Crippen molar-refractivity contribution in [1.29, 1.82) is 0 Å². The second-order valence-electron chi connectivity index (χ2n) is 8.76. The summed E-state index contributed by atoms with van der Waals surface area (Å²) in [7, 11) is 0. The molecule has 0 unspecified atom stereocenters. The number of fused-ring (bicyclic) bond motifs is 1. The molecule has 10 heteroatoms. The molecule has 0 radical (unpaired) electrons. The van der Waals surface area contributed by atoms with Crippen LogP contribution < -0.4 is 5.32 Å². The number of aromatic nitrogens is 3. The molecule has 1 amide bonds. The van der Waals surface area contributed by atoms with Crippen LogP contribution in [0.2, 0.25) is 0 Å². The van der Waals surface area contributed by atoms with Crippen molar-refractivity contribution in [3.63, 3.8) is 0 Å². The van der Waals surface area contributed by atoms with E-state index in [1.165, 1.54) is 12.1 Å². The van der Waals surface area contributed by atoms with Gasteiger partial charge in [-0.1, -0.05) is 6.92 Å². The number of carbonyl (C=O) groups is 1. The number of amides is 1. The van der Waals surface area contributed by atoms with Gasteiger partial charge in [-0.3, -0.25) is 14.3 Å². The number of piperazine rings is 1. The molecular formula is C26H25BrF2N6O. The summed E-state index contributed by atoms with van der Waals surface area (Å²) in [6.45, 7) is 6.93. The number of hydrogen-bond acceptors (Lipinski definition) is 5. The number of nitrogens with zero attached hydrogens (tertiary/aromatic N) is 5. The van der Waals surface area contributed by atoms with E-state index in [1.807, 2.05) is 6.07 Å². The molecule has 7 nitrogen and oxygen atoms in total. The predicted molar refractivity (Wildman–Crippen MR) is 139 cm³/mol. The van der Waals surface area contributed by atoms with Gasteiger partial charge in [-0.15, -0.1) is 0 Å². The highest BCUT2D eigenvalue weighted by molar-refractivity contribution is 9.10. The molecule has 0 spiro atoms. The fourth-order valence-corrected chi connectivity index (χ4v) is 4.75. The summed E-state index contributed by atoms with van der Waals surface area (Å²) in [5, 5.41) is 2.96. The van der Waals surface area contributed by atoms with E-state index < -0.39 is 11.6 Å². The summed E-state index contributed by atoms with van der Waals surface area (Å²) >= 11 is 3.40. The Morgan fingerprint density at radius 2 is 1.81 bits per heavy atom. The van der Waals surface area contributed by atoms with Gasteiger partial charge in [0.25, 0.3) is 0 Å². The van der Waals surface area contributed by atoms with E-state index in [0.717, 1.165) is 43.3 Å². The van der Waals surface area contributed by atoms with Crippen molar-refractivity contribution >= 4 is 38.7 Å². The van der Waals surface area contributed by atoms with E-state index in [9.17, 15) is 13.6 Å². The maximum atomic E-state index is 14.7. The first-order valence-corrected chi connectivity index (χ1v) is 12.5. The van der Waals surface area contributed by atoms with Gasteiger partial charge in [0.05, 0.1) is 12.2 Å². The number of likely N-dealkylation sites (N-methyl/N-ethyl adjacent to an activating group) is 1. The van der Waals surface area contributed by atoms with Crippen molar-refractivity contribution < 1.29 is 13.6 Å². The third-order valence-electron chi connectivity index (χ3n) is 6.36. The van der Waals surface area contributed by atoms with Crippen molar-refractivity contribution in [1.82, 2.24) is 24.3 Å². The third-order valence-corrected chi connectivity index (χ3v) is 6.79. The van der Waals surface area contributed by atoms with Gasteiger partial charge in [0.2, 0.25) is 5.91 Å². The molecule has 1 aliphatic heterocycles. The number of pyridine rings is 1. The average molecular weight is 555 g/mol. The lowest BCUT2D eigenvalue weighted by Crippen LogP contribution is -2.48. The molecule has 1 aliphatic rings. The van der Waals surface area contributed by atoms with Gasteiger partial charge in [0.1, 0.15) is 23.5 Å². The number of imidazole rings is 1. The number of hydrogen-bond donors (Lipinski definition) is 1. The van der Waals surface area contributed by atoms with Crippen LogP contribution in [-0.4, -0.2) is 69.5 Å². The summed E-state index contributed by atoms with van der Waals surface area (Å²) in [5.41, 5.74) is 3.16. The molecule has 0 aliphatic carbocycles. The first-order chi connectivity index (χ1) is 17.4. The van der Waals surface area contributed by atoms with Crippen LogP contribution in [0.25, 0.3) is 28.0 Å². The Kier molecular flexibility index (Phi) is 7.08. The highest BCUT2D eigenvalue weighted by atomic mass is 79.9. The van der Waals surface area contributed by atoms with Gasteiger partial charge in [0.15, 0.2) is 5.65 Å². The number of halogens is 3.